The van der Waals surface area contributed by atoms with Gasteiger partial charge in [-0.3, -0.25) is 19.7 Å². The van der Waals surface area contributed by atoms with Gasteiger partial charge in [0, 0.05) is 23.4 Å². The van der Waals surface area contributed by atoms with Crippen LogP contribution in [0.3, 0.4) is 0 Å². The van der Waals surface area contributed by atoms with Crippen LogP contribution < -0.4 is 15.4 Å². The van der Waals surface area contributed by atoms with Crippen LogP contribution >= 0.6 is 0 Å². The largest absolute Gasteiger partial charge is 0.497 e. The van der Waals surface area contributed by atoms with E-state index in [0.717, 1.165) is 11.1 Å². The van der Waals surface area contributed by atoms with E-state index >= 15 is 0 Å². The van der Waals surface area contributed by atoms with Gasteiger partial charge in [-0.05, 0) is 43.2 Å². The molecule has 1 unspecified atom stereocenters. The number of nitrogens with one attached hydrogen (secondary N) is 2. The van der Waals surface area contributed by atoms with Gasteiger partial charge < -0.3 is 15.4 Å². The quantitative estimate of drug-likeness (QED) is 0.450. The number of rotatable bonds is 6. The molecule has 32 heavy (non-hydrogen) atoms. The van der Waals surface area contributed by atoms with Crippen molar-refractivity contribution >= 4 is 29.0 Å². The lowest BCUT2D eigenvalue weighted by Crippen LogP contribution is -2.24. The Morgan fingerprint density at radius 3 is 2.75 bits per heavy atom. The Balaban J connectivity index is 1.56. The fourth-order valence-corrected chi connectivity index (χ4v) is 3.79. The Hall–Kier alpha value is -4.21. The normalized spacial score (nSPS) is 14.6. The Morgan fingerprint density at radius 2 is 2.06 bits per heavy atom. The first kappa shape index (κ1) is 21.0. The van der Waals surface area contributed by atoms with Gasteiger partial charge >= 0.3 is 0 Å². The summed E-state index contributed by atoms with van der Waals surface area (Å²) < 4.78 is 6.83. The van der Waals surface area contributed by atoms with Crippen molar-refractivity contribution in [1.29, 1.82) is 0 Å². The van der Waals surface area contributed by atoms with Crippen LogP contribution in [0, 0.1) is 24.0 Å². The summed E-state index contributed by atoms with van der Waals surface area (Å²) in [6, 6.07) is 10.8. The zero-order valence-electron chi connectivity index (χ0n) is 17.7. The van der Waals surface area contributed by atoms with Crippen molar-refractivity contribution in [3.8, 4) is 16.9 Å². The maximum atomic E-state index is 12.7. The minimum absolute atomic E-state index is 0.0580. The van der Waals surface area contributed by atoms with Crippen molar-refractivity contribution in [3.63, 3.8) is 0 Å². The molecule has 0 saturated carbocycles. The molecule has 3 aromatic rings. The molecule has 1 aromatic heterocycles. The number of carbonyl (C=O) groups excluding carboxylic acids is 2. The van der Waals surface area contributed by atoms with Crippen LogP contribution in [0.2, 0.25) is 0 Å². The fourth-order valence-electron chi connectivity index (χ4n) is 3.79. The number of fused-ring (bicyclic) bond motifs is 1. The van der Waals surface area contributed by atoms with Gasteiger partial charge in [0.15, 0.2) is 0 Å². The van der Waals surface area contributed by atoms with E-state index in [1.165, 1.54) is 22.9 Å². The summed E-state index contributed by atoms with van der Waals surface area (Å²) in [5, 5.41) is 21.0. The number of hydrogen-bond donors (Lipinski definition) is 2. The van der Waals surface area contributed by atoms with Crippen molar-refractivity contribution in [2.24, 2.45) is 0 Å². The lowest BCUT2D eigenvalue weighted by molar-refractivity contribution is -0.384. The number of nitro groups is 1. The molecule has 10 heteroatoms. The van der Waals surface area contributed by atoms with Gasteiger partial charge in [0.2, 0.25) is 5.91 Å². The zero-order chi connectivity index (χ0) is 23.0. The monoisotopic (exact) mass is 435 g/mol. The number of carbonyl (C=O) groups is 2. The molecular formula is C22H21N5O5. The predicted octanol–water partition coefficient (Wildman–Crippen LogP) is 3.61. The van der Waals surface area contributed by atoms with Gasteiger partial charge in [-0.15, -0.1) is 0 Å². The molecular weight excluding hydrogens is 414 g/mol. The first-order valence-electron chi connectivity index (χ1n) is 9.87. The van der Waals surface area contributed by atoms with Gasteiger partial charge in [0.1, 0.15) is 17.6 Å². The highest BCUT2D eigenvalue weighted by molar-refractivity contribution is 6.04. The molecule has 1 aliphatic heterocycles. The first-order chi connectivity index (χ1) is 15.3. The average molecular weight is 435 g/mol. The molecule has 4 rings (SSSR count). The number of methoxy groups -OCH3 is 1. The number of nitro benzene ring substituents is 1. The smallest absolute Gasteiger partial charge is 0.269 e. The van der Waals surface area contributed by atoms with E-state index in [0.29, 0.717) is 28.5 Å². The number of non-ortho nitro benzene ring substituents is 1. The van der Waals surface area contributed by atoms with E-state index in [1.807, 2.05) is 31.2 Å². The Morgan fingerprint density at radius 1 is 1.28 bits per heavy atom. The third kappa shape index (κ3) is 3.78. The van der Waals surface area contributed by atoms with Crippen LogP contribution in [0.15, 0.2) is 42.5 Å². The molecule has 1 aliphatic rings. The Bertz CT molecular complexity index is 1250. The number of aromatic nitrogens is 2. The van der Waals surface area contributed by atoms with Gasteiger partial charge in [-0.25, -0.2) is 4.68 Å². The Labute approximate surface area is 183 Å². The summed E-state index contributed by atoms with van der Waals surface area (Å²) in [7, 11) is 1.58. The number of anilines is 2. The van der Waals surface area contributed by atoms with E-state index in [4.69, 9.17) is 4.74 Å². The topological polar surface area (TPSA) is 128 Å². The molecule has 0 fully saturated rings. The van der Waals surface area contributed by atoms with Crippen LogP contribution in [0.25, 0.3) is 11.1 Å². The third-order valence-corrected chi connectivity index (χ3v) is 5.36. The van der Waals surface area contributed by atoms with Crippen molar-refractivity contribution in [2.45, 2.75) is 26.3 Å². The highest BCUT2D eigenvalue weighted by Gasteiger charge is 2.36. The lowest BCUT2D eigenvalue weighted by atomic mass is 10.1. The van der Waals surface area contributed by atoms with Crippen LogP contribution in [0.4, 0.5) is 17.2 Å². The van der Waals surface area contributed by atoms with E-state index < -0.39 is 16.9 Å². The van der Waals surface area contributed by atoms with Crippen LogP contribution in [-0.2, 0) is 9.59 Å². The summed E-state index contributed by atoms with van der Waals surface area (Å²) in [6.07, 6.45) is -0.131. The summed E-state index contributed by atoms with van der Waals surface area (Å²) >= 11 is 0. The lowest BCUT2D eigenvalue weighted by Gasteiger charge is -2.11. The first-order valence-corrected chi connectivity index (χ1v) is 9.87. The third-order valence-electron chi connectivity index (χ3n) is 5.36. The second-order valence-electron chi connectivity index (χ2n) is 7.50. The summed E-state index contributed by atoms with van der Waals surface area (Å²) in [5.74, 6) is 0.490. The molecule has 0 aliphatic carbocycles. The van der Waals surface area contributed by atoms with Gasteiger partial charge in [0.05, 0.1) is 24.1 Å². The minimum Gasteiger partial charge on any atom is -0.497 e. The summed E-state index contributed by atoms with van der Waals surface area (Å²) in [5.41, 5.74) is 3.27. The van der Waals surface area contributed by atoms with Crippen molar-refractivity contribution in [2.75, 3.05) is 17.7 Å². The molecule has 2 heterocycles. The van der Waals surface area contributed by atoms with Gasteiger partial charge in [-0.2, -0.15) is 5.10 Å². The molecule has 0 radical (unpaired) electrons. The average Bonchev–Trinajstić information content (AvgIpc) is 3.22. The van der Waals surface area contributed by atoms with E-state index in [1.54, 1.807) is 14.0 Å². The number of nitrogens with zero attached hydrogens (tertiary/aromatic N) is 3. The van der Waals surface area contributed by atoms with Crippen LogP contribution in [0.5, 0.6) is 5.75 Å². The van der Waals surface area contributed by atoms with Crippen LogP contribution in [0.1, 0.15) is 23.7 Å². The van der Waals surface area contributed by atoms with E-state index in [9.17, 15) is 19.7 Å². The zero-order valence-corrected chi connectivity index (χ0v) is 17.7. The number of amides is 2. The highest BCUT2D eigenvalue weighted by atomic mass is 16.6. The number of ether oxygens (including phenoxy) is 1. The van der Waals surface area contributed by atoms with Crippen LogP contribution in [-0.4, -0.2) is 33.6 Å². The predicted molar refractivity (Wildman–Crippen MR) is 118 cm³/mol. The second kappa shape index (κ2) is 8.14. The molecule has 2 amide bonds. The van der Waals surface area contributed by atoms with Gasteiger partial charge in [0.25, 0.3) is 11.6 Å². The molecule has 1 atom stereocenters. The fraction of sp³-hybridized carbons (Fsp3) is 0.227. The molecule has 10 nitrogen and oxygen atoms in total. The molecule has 0 spiro atoms. The minimum atomic E-state index is -0.804. The number of aryl methyl sites for hydroxylation is 2. The standard InChI is InChI=1S/C22H21N5O5/c1-12-9-15(27(30)31)7-8-17(12)23-19(28)11-18-22(29)24-21-20(13(2)25-26(18)21)14-5-4-6-16(10-14)32-3/h4-10,18H,11H2,1-3H3,(H,23,28)(H,24,29). The van der Waals surface area contributed by atoms with E-state index in [2.05, 4.69) is 15.7 Å². The molecule has 2 N–H and O–H groups in total. The maximum Gasteiger partial charge on any atom is 0.269 e. The molecule has 2 aromatic carbocycles. The van der Waals surface area contributed by atoms with Crippen molar-refractivity contribution in [3.05, 3.63) is 63.8 Å². The molecule has 164 valence electrons. The summed E-state index contributed by atoms with van der Waals surface area (Å²) in [6.45, 7) is 3.50. The Kier molecular flexibility index (Phi) is 5.35. The number of benzene rings is 2. The summed E-state index contributed by atoms with van der Waals surface area (Å²) in [4.78, 5) is 35.7. The van der Waals surface area contributed by atoms with Crippen molar-refractivity contribution in [1.82, 2.24) is 9.78 Å². The second-order valence-corrected chi connectivity index (χ2v) is 7.50. The van der Waals surface area contributed by atoms with Crippen molar-refractivity contribution < 1.29 is 19.2 Å². The number of hydrogen-bond acceptors (Lipinski definition) is 6. The van der Waals surface area contributed by atoms with Gasteiger partial charge in [-0.1, -0.05) is 12.1 Å². The van der Waals surface area contributed by atoms with E-state index in [-0.39, 0.29) is 18.0 Å². The molecule has 0 bridgehead atoms. The maximum absolute atomic E-state index is 12.7. The highest BCUT2D eigenvalue weighted by Crippen LogP contribution is 2.39. The molecule has 0 saturated heterocycles. The SMILES string of the molecule is COc1cccc(-c2c(C)nn3c2NC(=O)C3CC(=O)Nc2ccc([N+](=O)[O-])cc2C)c1.